The molecule has 2 N–H and O–H groups in total. The van der Waals surface area contributed by atoms with Crippen LogP contribution in [0.1, 0.15) is 15.9 Å². The number of amides is 1. The summed E-state index contributed by atoms with van der Waals surface area (Å²) < 4.78 is 0. The number of hydrogen-bond acceptors (Lipinski definition) is 3. The predicted octanol–water partition coefficient (Wildman–Crippen LogP) is 3.63. The number of anilines is 1. The number of carbonyl (C=O) groups excluding carboxylic acids is 1. The van der Waals surface area contributed by atoms with Crippen LogP contribution in [0.15, 0.2) is 54.7 Å². The minimum Gasteiger partial charge on any atom is -0.392 e. The lowest BCUT2D eigenvalue weighted by molar-refractivity contribution is 0.102. The fourth-order valence-electron chi connectivity index (χ4n) is 2.27. The van der Waals surface area contributed by atoms with Gasteiger partial charge in [-0.1, -0.05) is 29.8 Å². The van der Waals surface area contributed by atoms with Crippen molar-refractivity contribution in [2.24, 2.45) is 0 Å². The lowest BCUT2D eigenvalue weighted by Crippen LogP contribution is -2.13. The van der Waals surface area contributed by atoms with Gasteiger partial charge in [0.1, 0.15) is 0 Å². The maximum atomic E-state index is 12.5. The molecule has 0 aliphatic rings. The molecule has 4 nitrogen and oxygen atoms in total. The number of benzene rings is 2. The number of carbonyl (C=O) groups is 1. The van der Waals surface area contributed by atoms with Crippen LogP contribution in [-0.2, 0) is 6.61 Å². The number of aliphatic hydroxyl groups excluding tert-OH is 1. The van der Waals surface area contributed by atoms with Crippen LogP contribution in [0.25, 0.3) is 10.9 Å². The topological polar surface area (TPSA) is 62.2 Å². The molecule has 0 unspecified atom stereocenters. The molecule has 3 aromatic rings. The minimum atomic E-state index is -0.290. The molecular formula is C17H13ClN2O2. The van der Waals surface area contributed by atoms with Gasteiger partial charge in [-0.2, -0.15) is 0 Å². The molecule has 0 atom stereocenters. The minimum absolute atomic E-state index is 0.0780. The molecule has 3 rings (SSSR count). The fourth-order valence-corrected chi connectivity index (χ4v) is 2.50. The van der Waals surface area contributed by atoms with Crippen molar-refractivity contribution >= 4 is 34.1 Å². The molecule has 0 saturated heterocycles. The fraction of sp³-hybridized carbons (Fsp3) is 0.0588. The molecule has 0 saturated carbocycles. The summed E-state index contributed by atoms with van der Waals surface area (Å²) in [5, 5.41) is 13.2. The molecule has 0 spiro atoms. The Morgan fingerprint density at radius 3 is 2.86 bits per heavy atom. The number of nitrogens with one attached hydrogen (secondary N) is 1. The van der Waals surface area contributed by atoms with Crippen molar-refractivity contribution in [1.82, 2.24) is 4.98 Å². The van der Waals surface area contributed by atoms with Crippen LogP contribution in [0, 0.1) is 0 Å². The normalized spacial score (nSPS) is 10.6. The molecule has 1 aromatic heterocycles. The van der Waals surface area contributed by atoms with Crippen LogP contribution in [0.5, 0.6) is 0 Å². The average molecular weight is 313 g/mol. The van der Waals surface area contributed by atoms with Crippen molar-refractivity contribution in [3.05, 3.63) is 70.9 Å². The first-order chi connectivity index (χ1) is 10.7. The molecule has 0 aliphatic heterocycles. The van der Waals surface area contributed by atoms with Gasteiger partial charge in [-0.15, -0.1) is 0 Å². The summed E-state index contributed by atoms with van der Waals surface area (Å²) >= 11 is 6.08. The van der Waals surface area contributed by atoms with Crippen LogP contribution >= 0.6 is 11.6 Å². The van der Waals surface area contributed by atoms with Crippen molar-refractivity contribution in [2.45, 2.75) is 6.61 Å². The van der Waals surface area contributed by atoms with Crippen LogP contribution < -0.4 is 5.32 Å². The molecule has 0 fully saturated rings. The highest BCUT2D eigenvalue weighted by Gasteiger charge is 2.13. The summed E-state index contributed by atoms with van der Waals surface area (Å²) in [7, 11) is 0. The van der Waals surface area contributed by atoms with Crippen LogP contribution in [-0.4, -0.2) is 16.0 Å². The standard InChI is InChI=1S/C17H13ClN2O2/c18-13-8-12-4-2-6-19-16(12)15(9-13)17(22)20-14-5-1-3-11(7-14)10-21/h1-9,21H,10H2,(H,20,22). The zero-order valence-electron chi connectivity index (χ0n) is 11.6. The molecule has 5 heteroatoms. The van der Waals surface area contributed by atoms with Gasteiger partial charge in [-0.25, -0.2) is 0 Å². The summed E-state index contributed by atoms with van der Waals surface area (Å²) in [5.74, 6) is -0.290. The molecule has 22 heavy (non-hydrogen) atoms. The monoisotopic (exact) mass is 312 g/mol. The Balaban J connectivity index is 1.98. The largest absolute Gasteiger partial charge is 0.392 e. The zero-order valence-corrected chi connectivity index (χ0v) is 12.3. The van der Waals surface area contributed by atoms with Crippen molar-refractivity contribution < 1.29 is 9.90 Å². The molecule has 1 amide bonds. The summed E-state index contributed by atoms with van der Waals surface area (Å²) in [6.07, 6.45) is 1.64. The highest BCUT2D eigenvalue weighted by molar-refractivity contribution is 6.32. The number of rotatable bonds is 3. The Kier molecular flexibility index (Phi) is 4.04. The van der Waals surface area contributed by atoms with Gasteiger partial charge in [-0.05, 0) is 35.9 Å². The number of hydrogen-bond donors (Lipinski definition) is 2. The van der Waals surface area contributed by atoms with Crippen LogP contribution in [0.3, 0.4) is 0 Å². The SMILES string of the molecule is O=C(Nc1cccc(CO)c1)c1cc(Cl)cc2cccnc12. The Bertz CT molecular complexity index is 849. The number of nitrogens with zero attached hydrogens (tertiary/aromatic N) is 1. The van der Waals surface area contributed by atoms with Gasteiger partial charge in [0.15, 0.2) is 0 Å². The van der Waals surface area contributed by atoms with Crippen LogP contribution in [0.4, 0.5) is 5.69 Å². The third kappa shape index (κ3) is 2.93. The summed E-state index contributed by atoms with van der Waals surface area (Å²) in [6.45, 7) is -0.0780. The molecule has 0 aliphatic carbocycles. The van der Waals surface area contributed by atoms with Crippen molar-refractivity contribution in [1.29, 1.82) is 0 Å². The second kappa shape index (κ2) is 6.13. The Morgan fingerprint density at radius 1 is 1.18 bits per heavy atom. The number of pyridine rings is 1. The third-order valence-electron chi connectivity index (χ3n) is 3.28. The molecule has 110 valence electrons. The van der Waals surface area contributed by atoms with E-state index in [4.69, 9.17) is 16.7 Å². The predicted molar refractivity (Wildman–Crippen MR) is 87.1 cm³/mol. The van der Waals surface area contributed by atoms with Gasteiger partial charge in [0.25, 0.3) is 5.91 Å². The van der Waals surface area contributed by atoms with Gasteiger partial charge in [0.05, 0.1) is 17.7 Å². The highest BCUT2D eigenvalue weighted by Crippen LogP contribution is 2.23. The molecule has 1 heterocycles. The van der Waals surface area contributed by atoms with E-state index in [1.807, 2.05) is 6.07 Å². The quantitative estimate of drug-likeness (QED) is 0.776. The molecule has 2 aromatic carbocycles. The van der Waals surface area contributed by atoms with Gasteiger partial charge in [-0.3, -0.25) is 9.78 Å². The van der Waals surface area contributed by atoms with E-state index >= 15 is 0 Å². The summed E-state index contributed by atoms with van der Waals surface area (Å²) in [5.41, 5.74) is 2.35. The van der Waals surface area contributed by atoms with Crippen molar-refractivity contribution in [2.75, 3.05) is 5.32 Å². The molecule has 0 radical (unpaired) electrons. The first-order valence-electron chi connectivity index (χ1n) is 6.73. The Hall–Kier alpha value is -2.43. The smallest absolute Gasteiger partial charge is 0.257 e. The van der Waals surface area contributed by atoms with Gasteiger partial charge < -0.3 is 10.4 Å². The first-order valence-corrected chi connectivity index (χ1v) is 7.10. The van der Waals surface area contributed by atoms with Gasteiger partial charge >= 0.3 is 0 Å². The van der Waals surface area contributed by atoms with E-state index in [1.165, 1.54) is 0 Å². The lowest BCUT2D eigenvalue weighted by Gasteiger charge is -2.09. The van der Waals surface area contributed by atoms with Crippen LogP contribution in [0.2, 0.25) is 5.02 Å². The summed E-state index contributed by atoms with van der Waals surface area (Å²) in [4.78, 5) is 16.8. The maximum absolute atomic E-state index is 12.5. The number of halogens is 1. The average Bonchev–Trinajstić information content (AvgIpc) is 2.54. The van der Waals surface area contributed by atoms with E-state index in [-0.39, 0.29) is 12.5 Å². The Morgan fingerprint density at radius 2 is 2.05 bits per heavy atom. The lowest BCUT2D eigenvalue weighted by atomic mass is 10.1. The number of fused-ring (bicyclic) bond motifs is 1. The highest BCUT2D eigenvalue weighted by atomic mass is 35.5. The van der Waals surface area contributed by atoms with E-state index < -0.39 is 0 Å². The first kappa shape index (κ1) is 14.5. The van der Waals surface area contributed by atoms with E-state index in [2.05, 4.69) is 10.3 Å². The molecular weight excluding hydrogens is 300 g/mol. The van der Waals surface area contributed by atoms with E-state index in [0.29, 0.717) is 21.8 Å². The second-order valence-corrected chi connectivity index (χ2v) is 5.28. The zero-order chi connectivity index (χ0) is 15.5. The number of aromatic nitrogens is 1. The summed E-state index contributed by atoms with van der Waals surface area (Å²) in [6, 6.07) is 14.1. The number of aliphatic hydroxyl groups is 1. The van der Waals surface area contributed by atoms with E-state index in [0.717, 1.165) is 10.9 Å². The van der Waals surface area contributed by atoms with Gasteiger partial charge in [0.2, 0.25) is 0 Å². The Labute approximate surface area is 132 Å². The second-order valence-electron chi connectivity index (χ2n) is 4.84. The van der Waals surface area contributed by atoms with E-state index in [9.17, 15) is 4.79 Å². The van der Waals surface area contributed by atoms with Crippen molar-refractivity contribution in [3.63, 3.8) is 0 Å². The van der Waals surface area contributed by atoms with Crippen molar-refractivity contribution in [3.8, 4) is 0 Å². The third-order valence-corrected chi connectivity index (χ3v) is 3.50. The van der Waals surface area contributed by atoms with Gasteiger partial charge in [0, 0.05) is 22.3 Å². The maximum Gasteiger partial charge on any atom is 0.257 e. The van der Waals surface area contributed by atoms with E-state index in [1.54, 1.807) is 48.7 Å². The molecule has 0 bridgehead atoms.